The van der Waals surface area contributed by atoms with Crippen molar-refractivity contribution >= 4 is 17.0 Å². The Bertz CT molecular complexity index is 431. The summed E-state index contributed by atoms with van der Waals surface area (Å²) in [6.45, 7) is 4.18. The molecule has 2 rings (SSSR count). The normalized spacial score (nSPS) is 12.7. The van der Waals surface area contributed by atoms with E-state index >= 15 is 0 Å². The van der Waals surface area contributed by atoms with Crippen molar-refractivity contribution in [2.24, 2.45) is 7.05 Å². The largest absolute Gasteiger partial charge is 0.375 e. The summed E-state index contributed by atoms with van der Waals surface area (Å²) < 4.78 is 1.83. The first-order valence-corrected chi connectivity index (χ1v) is 5.85. The van der Waals surface area contributed by atoms with Gasteiger partial charge < -0.3 is 5.32 Å². The number of aromatic nitrogens is 2. The van der Waals surface area contributed by atoms with Crippen LogP contribution in [0.1, 0.15) is 23.5 Å². The van der Waals surface area contributed by atoms with Crippen molar-refractivity contribution in [1.82, 2.24) is 9.78 Å². The van der Waals surface area contributed by atoms with Crippen LogP contribution in [0.4, 0.5) is 5.69 Å². The van der Waals surface area contributed by atoms with Gasteiger partial charge in [-0.1, -0.05) is 6.07 Å². The minimum Gasteiger partial charge on any atom is -0.375 e. The van der Waals surface area contributed by atoms with Gasteiger partial charge in [0.05, 0.1) is 17.4 Å². The summed E-state index contributed by atoms with van der Waals surface area (Å²) >= 11 is 1.77. The molecule has 2 heterocycles. The zero-order chi connectivity index (χ0) is 10.8. The Balaban J connectivity index is 2.12. The zero-order valence-corrected chi connectivity index (χ0v) is 10.0. The number of anilines is 1. The molecule has 0 saturated heterocycles. The highest BCUT2D eigenvalue weighted by molar-refractivity contribution is 7.10. The summed E-state index contributed by atoms with van der Waals surface area (Å²) in [6.07, 6.45) is 2.01. The first-order valence-electron chi connectivity index (χ1n) is 4.97. The average molecular weight is 221 g/mol. The number of nitrogens with zero attached hydrogens (tertiary/aromatic N) is 2. The molecule has 15 heavy (non-hydrogen) atoms. The lowest BCUT2D eigenvalue weighted by Crippen LogP contribution is -2.04. The van der Waals surface area contributed by atoms with Gasteiger partial charge >= 0.3 is 0 Å². The number of hydrogen-bond acceptors (Lipinski definition) is 3. The second kappa shape index (κ2) is 4.06. The maximum atomic E-state index is 4.30. The van der Waals surface area contributed by atoms with Gasteiger partial charge in [-0.25, -0.2) is 0 Å². The van der Waals surface area contributed by atoms with E-state index in [1.807, 2.05) is 24.9 Å². The van der Waals surface area contributed by atoms with E-state index in [1.165, 1.54) is 4.88 Å². The molecule has 0 aliphatic carbocycles. The third-order valence-corrected chi connectivity index (χ3v) is 3.41. The predicted molar refractivity (Wildman–Crippen MR) is 64.3 cm³/mol. The average Bonchev–Trinajstić information content (AvgIpc) is 2.76. The minimum atomic E-state index is 0.341. The zero-order valence-electron chi connectivity index (χ0n) is 9.19. The Labute approximate surface area is 93.7 Å². The lowest BCUT2D eigenvalue weighted by molar-refractivity contribution is 0.756. The standard InChI is InChI=1S/C11H15N3S/c1-8-10(7-14(3)13-8)12-9(2)11-5-4-6-15-11/h4-7,9,12H,1-3H3. The Kier molecular flexibility index (Phi) is 2.77. The molecule has 2 aromatic rings. The van der Waals surface area contributed by atoms with Crippen LogP contribution in [-0.4, -0.2) is 9.78 Å². The summed E-state index contributed by atoms with van der Waals surface area (Å²) in [5, 5.41) is 9.86. The van der Waals surface area contributed by atoms with Crippen LogP contribution in [0, 0.1) is 6.92 Å². The van der Waals surface area contributed by atoms with Crippen LogP contribution in [0.25, 0.3) is 0 Å². The topological polar surface area (TPSA) is 29.9 Å². The summed E-state index contributed by atoms with van der Waals surface area (Å²) in [7, 11) is 1.94. The first-order chi connectivity index (χ1) is 7.16. The van der Waals surface area contributed by atoms with Gasteiger partial charge in [0.2, 0.25) is 0 Å². The fraction of sp³-hybridized carbons (Fsp3) is 0.364. The number of aryl methyl sites for hydroxylation is 2. The maximum absolute atomic E-state index is 4.30. The summed E-state index contributed by atoms with van der Waals surface area (Å²) in [5.74, 6) is 0. The number of thiophene rings is 1. The second-order valence-corrected chi connectivity index (χ2v) is 4.66. The number of nitrogens with one attached hydrogen (secondary N) is 1. The van der Waals surface area contributed by atoms with Crippen LogP contribution < -0.4 is 5.32 Å². The van der Waals surface area contributed by atoms with E-state index in [1.54, 1.807) is 11.3 Å². The Morgan fingerprint density at radius 2 is 2.33 bits per heavy atom. The molecule has 1 unspecified atom stereocenters. The second-order valence-electron chi connectivity index (χ2n) is 3.68. The van der Waals surface area contributed by atoms with Crippen LogP contribution in [0.2, 0.25) is 0 Å². The minimum absolute atomic E-state index is 0.341. The van der Waals surface area contributed by atoms with E-state index in [4.69, 9.17) is 0 Å². The van der Waals surface area contributed by atoms with E-state index in [-0.39, 0.29) is 0 Å². The molecule has 0 aromatic carbocycles. The molecule has 0 radical (unpaired) electrons. The van der Waals surface area contributed by atoms with Gasteiger partial charge in [-0.05, 0) is 25.3 Å². The van der Waals surface area contributed by atoms with E-state index in [0.29, 0.717) is 6.04 Å². The molecule has 1 atom stereocenters. The molecule has 1 N–H and O–H groups in total. The molecule has 0 aliphatic heterocycles. The van der Waals surface area contributed by atoms with E-state index in [9.17, 15) is 0 Å². The molecular formula is C11H15N3S. The lowest BCUT2D eigenvalue weighted by atomic mass is 10.2. The van der Waals surface area contributed by atoms with Crippen molar-refractivity contribution in [2.45, 2.75) is 19.9 Å². The first kappa shape index (κ1) is 10.2. The van der Waals surface area contributed by atoms with Crippen molar-refractivity contribution in [3.63, 3.8) is 0 Å². The molecule has 3 nitrogen and oxygen atoms in total. The molecule has 0 aliphatic rings. The van der Waals surface area contributed by atoms with E-state index in [0.717, 1.165) is 11.4 Å². The maximum Gasteiger partial charge on any atom is 0.0825 e. The smallest absolute Gasteiger partial charge is 0.0825 e. The van der Waals surface area contributed by atoms with Gasteiger partial charge in [0.25, 0.3) is 0 Å². The highest BCUT2D eigenvalue weighted by Crippen LogP contribution is 2.24. The Morgan fingerprint density at radius 1 is 1.53 bits per heavy atom. The van der Waals surface area contributed by atoms with E-state index < -0.39 is 0 Å². The molecule has 2 aromatic heterocycles. The monoisotopic (exact) mass is 221 g/mol. The van der Waals surface area contributed by atoms with Crippen LogP contribution in [0.3, 0.4) is 0 Å². The molecule has 0 saturated carbocycles. The summed E-state index contributed by atoms with van der Waals surface area (Å²) in [5.41, 5.74) is 2.15. The van der Waals surface area contributed by atoms with Crippen molar-refractivity contribution in [3.8, 4) is 0 Å². The molecule has 80 valence electrons. The van der Waals surface area contributed by atoms with Gasteiger partial charge in [0, 0.05) is 18.1 Å². The lowest BCUT2D eigenvalue weighted by Gasteiger charge is -2.12. The van der Waals surface area contributed by atoms with Crippen LogP contribution in [0.15, 0.2) is 23.7 Å². The third kappa shape index (κ3) is 2.21. The van der Waals surface area contributed by atoms with Crippen molar-refractivity contribution in [1.29, 1.82) is 0 Å². The Hall–Kier alpha value is -1.29. The molecule has 0 bridgehead atoms. The Morgan fingerprint density at radius 3 is 2.87 bits per heavy atom. The molecule has 0 fully saturated rings. The number of rotatable bonds is 3. The highest BCUT2D eigenvalue weighted by Gasteiger charge is 2.09. The predicted octanol–water partition coefficient (Wildman–Crippen LogP) is 2.96. The van der Waals surface area contributed by atoms with Gasteiger partial charge in [-0.2, -0.15) is 5.10 Å². The van der Waals surface area contributed by atoms with Crippen molar-refractivity contribution < 1.29 is 0 Å². The fourth-order valence-electron chi connectivity index (χ4n) is 1.58. The molecule has 4 heteroatoms. The fourth-order valence-corrected chi connectivity index (χ4v) is 2.32. The van der Waals surface area contributed by atoms with Crippen LogP contribution >= 0.6 is 11.3 Å². The number of hydrogen-bond donors (Lipinski definition) is 1. The highest BCUT2D eigenvalue weighted by atomic mass is 32.1. The van der Waals surface area contributed by atoms with Gasteiger partial charge in [-0.15, -0.1) is 11.3 Å². The molecule has 0 amide bonds. The molecule has 0 spiro atoms. The third-order valence-electron chi connectivity index (χ3n) is 2.36. The molecular weight excluding hydrogens is 206 g/mol. The van der Waals surface area contributed by atoms with E-state index in [2.05, 4.69) is 34.9 Å². The van der Waals surface area contributed by atoms with Gasteiger partial charge in [-0.3, -0.25) is 4.68 Å². The van der Waals surface area contributed by atoms with Crippen LogP contribution in [0.5, 0.6) is 0 Å². The quantitative estimate of drug-likeness (QED) is 0.863. The van der Waals surface area contributed by atoms with Crippen LogP contribution in [-0.2, 0) is 7.05 Å². The van der Waals surface area contributed by atoms with Gasteiger partial charge in [0.15, 0.2) is 0 Å². The SMILES string of the molecule is Cc1nn(C)cc1NC(C)c1cccs1. The van der Waals surface area contributed by atoms with Crippen molar-refractivity contribution in [3.05, 3.63) is 34.3 Å². The van der Waals surface area contributed by atoms with Crippen molar-refractivity contribution in [2.75, 3.05) is 5.32 Å². The summed E-state index contributed by atoms with van der Waals surface area (Å²) in [4.78, 5) is 1.35. The van der Waals surface area contributed by atoms with Gasteiger partial charge in [0.1, 0.15) is 0 Å². The summed E-state index contributed by atoms with van der Waals surface area (Å²) in [6, 6.07) is 4.57.